The molecule has 1 aromatic rings. The predicted molar refractivity (Wildman–Crippen MR) is 87.0 cm³/mol. The van der Waals surface area contributed by atoms with Crippen LogP contribution < -0.4 is 5.73 Å². The molecule has 3 atom stereocenters. The maximum Gasteiger partial charge on any atom is 0.0731 e. The van der Waals surface area contributed by atoms with Gasteiger partial charge in [0.2, 0.25) is 0 Å². The van der Waals surface area contributed by atoms with Gasteiger partial charge in [-0.25, -0.2) is 0 Å². The third kappa shape index (κ3) is 3.22. The van der Waals surface area contributed by atoms with Gasteiger partial charge in [0.05, 0.1) is 22.8 Å². The third-order valence-corrected chi connectivity index (χ3v) is 5.47. The molecule has 21 heavy (non-hydrogen) atoms. The van der Waals surface area contributed by atoms with E-state index in [2.05, 4.69) is 4.90 Å². The molecule has 1 saturated carbocycles. The molecule has 1 saturated heterocycles. The number of nitrogens with zero attached hydrogens (tertiary/aromatic N) is 1. The Morgan fingerprint density at radius 1 is 1.24 bits per heavy atom. The Hall–Kier alpha value is -0.320. The van der Waals surface area contributed by atoms with Crippen LogP contribution in [0.3, 0.4) is 0 Å². The molecule has 3 nitrogen and oxygen atoms in total. The van der Waals surface area contributed by atoms with Gasteiger partial charge in [0.25, 0.3) is 0 Å². The second-order valence-electron chi connectivity index (χ2n) is 5.92. The van der Waals surface area contributed by atoms with E-state index in [1.165, 1.54) is 25.7 Å². The SMILES string of the molecule is NCC(c1ccc(Cl)c(Cl)c1)N1CCOC2CCCCC21. The summed E-state index contributed by atoms with van der Waals surface area (Å²) in [7, 11) is 0. The van der Waals surface area contributed by atoms with Crippen LogP contribution in [0.15, 0.2) is 18.2 Å². The number of morpholine rings is 1. The van der Waals surface area contributed by atoms with E-state index in [1.807, 2.05) is 18.2 Å². The van der Waals surface area contributed by atoms with Gasteiger partial charge in [-0.1, -0.05) is 42.1 Å². The van der Waals surface area contributed by atoms with Crippen molar-refractivity contribution in [3.05, 3.63) is 33.8 Å². The number of benzene rings is 1. The number of hydrogen-bond donors (Lipinski definition) is 1. The lowest BCUT2D eigenvalue weighted by Crippen LogP contribution is -2.54. The minimum atomic E-state index is 0.189. The van der Waals surface area contributed by atoms with Crippen molar-refractivity contribution in [3.63, 3.8) is 0 Å². The Kier molecular flexibility index (Phi) is 5.07. The summed E-state index contributed by atoms with van der Waals surface area (Å²) in [5, 5.41) is 1.19. The number of rotatable bonds is 3. The molecule has 1 aromatic carbocycles. The van der Waals surface area contributed by atoms with Gasteiger partial charge < -0.3 is 10.5 Å². The fourth-order valence-corrected chi connectivity index (χ4v) is 4.00. The molecule has 1 heterocycles. The molecule has 0 aromatic heterocycles. The fourth-order valence-electron chi connectivity index (χ4n) is 3.70. The first-order chi connectivity index (χ1) is 10.2. The van der Waals surface area contributed by atoms with Gasteiger partial charge in [-0.3, -0.25) is 4.90 Å². The Balaban J connectivity index is 1.85. The quantitative estimate of drug-likeness (QED) is 0.920. The summed E-state index contributed by atoms with van der Waals surface area (Å²) >= 11 is 12.2. The van der Waals surface area contributed by atoms with E-state index in [1.54, 1.807) is 0 Å². The standard InChI is InChI=1S/C16H22Cl2N2O/c17-12-6-5-11(9-13(12)18)15(10-19)20-7-8-21-16-4-2-1-3-14(16)20/h5-6,9,14-16H,1-4,7-8,10,19H2. The smallest absolute Gasteiger partial charge is 0.0731 e. The van der Waals surface area contributed by atoms with Gasteiger partial charge in [-0.05, 0) is 30.5 Å². The summed E-state index contributed by atoms with van der Waals surface area (Å²) in [6.07, 6.45) is 5.28. The molecule has 3 rings (SSSR count). The van der Waals surface area contributed by atoms with Crippen molar-refractivity contribution in [2.75, 3.05) is 19.7 Å². The molecule has 3 unspecified atom stereocenters. The molecule has 2 fully saturated rings. The van der Waals surface area contributed by atoms with Gasteiger partial charge in [-0.15, -0.1) is 0 Å². The van der Waals surface area contributed by atoms with Crippen LogP contribution in [-0.4, -0.2) is 36.7 Å². The van der Waals surface area contributed by atoms with E-state index in [9.17, 15) is 0 Å². The molecule has 2 aliphatic rings. The highest BCUT2D eigenvalue weighted by Gasteiger charge is 2.37. The van der Waals surface area contributed by atoms with Crippen LogP contribution in [0.2, 0.25) is 10.0 Å². The van der Waals surface area contributed by atoms with Crippen molar-refractivity contribution in [1.82, 2.24) is 4.90 Å². The van der Waals surface area contributed by atoms with Crippen molar-refractivity contribution in [1.29, 1.82) is 0 Å². The van der Waals surface area contributed by atoms with E-state index < -0.39 is 0 Å². The average molecular weight is 329 g/mol. The van der Waals surface area contributed by atoms with E-state index in [4.69, 9.17) is 33.7 Å². The minimum absolute atomic E-state index is 0.189. The Morgan fingerprint density at radius 2 is 2.05 bits per heavy atom. The summed E-state index contributed by atoms with van der Waals surface area (Å²) in [6, 6.07) is 6.53. The number of nitrogens with two attached hydrogens (primary N) is 1. The molecule has 0 bridgehead atoms. The average Bonchev–Trinajstić information content (AvgIpc) is 2.52. The fraction of sp³-hybridized carbons (Fsp3) is 0.625. The van der Waals surface area contributed by atoms with Crippen LogP contribution in [0.5, 0.6) is 0 Å². The highest BCUT2D eigenvalue weighted by Crippen LogP contribution is 2.35. The molecule has 116 valence electrons. The topological polar surface area (TPSA) is 38.5 Å². The first-order valence-electron chi connectivity index (χ1n) is 7.73. The van der Waals surface area contributed by atoms with Crippen LogP contribution >= 0.6 is 23.2 Å². The van der Waals surface area contributed by atoms with Crippen LogP contribution in [-0.2, 0) is 4.74 Å². The zero-order valence-electron chi connectivity index (χ0n) is 12.1. The van der Waals surface area contributed by atoms with Crippen LogP contribution in [0.1, 0.15) is 37.3 Å². The second-order valence-corrected chi connectivity index (χ2v) is 6.74. The largest absolute Gasteiger partial charge is 0.375 e. The maximum absolute atomic E-state index is 6.18. The van der Waals surface area contributed by atoms with E-state index in [0.717, 1.165) is 18.7 Å². The summed E-state index contributed by atoms with van der Waals surface area (Å²) in [4.78, 5) is 2.52. The summed E-state index contributed by atoms with van der Waals surface area (Å²) in [5.41, 5.74) is 7.24. The lowest BCUT2D eigenvalue weighted by atomic mass is 9.88. The molecule has 0 spiro atoms. The monoisotopic (exact) mass is 328 g/mol. The summed E-state index contributed by atoms with van der Waals surface area (Å²) in [6.45, 7) is 2.31. The lowest BCUT2D eigenvalue weighted by molar-refractivity contribution is -0.102. The first-order valence-corrected chi connectivity index (χ1v) is 8.48. The van der Waals surface area contributed by atoms with Crippen molar-refractivity contribution in [3.8, 4) is 0 Å². The van der Waals surface area contributed by atoms with E-state index in [0.29, 0.717) is 28.7 Å². The number of hydrogen-bond acceptors (Lipinski definition) is 3. The molecule has 5 heteroatoms. The molecule has 1 aliphatic carbocycles. The van der Waals surface area contributed by atoms with Crippen molar-refractivity contribution < 1.29 is 4.74 Å². The molecule has 0 amide bonds. The van der Waals surface area contributed by atoms with Crippen LogP contribution in [0.25, 0.3) is 0 Å². The predicted octanol–water partition coefficient (Wildman–Crippen LogP) is 3.64. The Morgan fingerprint density at radius 3 is 2.81 bits per heavy atom. The summed E-state index contributed by atoms with van der Waals surface area (Å²) in [5.74, 6) is 0. The number of halogens is 2. The van der Waals surface area contributed by atoms with Gasteiger partial charge >= 0.3 is 0 Å². The van der Waals surface area contributed by atoms with E-state index >= 15 is 0 Å². The first kappa shape index (κ1) is 15.6. The molecule has 2 N–H and O–H groups in total. The normalized spacial score (nSPS) is 28.1. The third-order valence-electron chi connectivity index (χ3n) is 4.73. The Bertz CT molecular complexity index is 495. The van der Waals surface area contributed by atoms with E-state index in [-0.39, 0.29) is 6.04 Å². The van der Waals surface area contributed by atoms with Crippen LogP contribution in [0.4, 0.5) is 0 Å². The molecule has 1 aliphatic heterocycles. The van der Waals surface area contributed by atoms with Gasteiger partial charge in [0, 0.05) is 25.2 Å². The lowest BCUT2D eigenvalue weighted by Gasteiger charge is -2.47. The van der Waals surface area contributed by atoms with Gasteiger partial charge in [-0.2, -0.15) is 0 Å². The summed E-state index contributed by atoms with van der Waals surface area (Å²) < 4.78 is 5.96. The zero-order valence-corrected chi connectivity index (χ0v) is 13.6. The Labute approximate surface area is 136 Å². The molecular weight excluding hydrogens is 307 g/mol. The van der Waals surface area contributed by atoms with Crippen LogP contribution in [0, 0.1) is 0 Å². The van der Waals surface area contributed by atoms with Gasteiger partial charge in [0.1, 0.15) is 0 Å². The second kappa shape index (κ2) is 6.84. The minimum Gasteiger partial charge on any atom is -0.375 e. The van der Waals surface area contributed by atoms with Crippen molar-refractivity contribution in [2.45, 2.75) is 43.9 Å². The number of ether oxygens (including phenoxy) is 1. The van der Waals surface area contributed by atoms with Crippen molar-refractivity contribution >= 4 is 23.2 Å². The van der Waals surface area contributed by atoms with Gasteiger partial charge in [0.15, 0.2) is 0 Å². The molecule has 0 radical (unpaired) electrons. The number of fused-ring (bicyclic) bond motifs is 1. The highest BCUT2D eigenvalue weighted by molar-refractivity contribution is 6.42. The van der Waals surface area contributed by atoms with Crippen molar-refractivity contribution in [2.24, 2.45) is 5.73 Å². The molecular formula is C16H22Cl2N2O. The maximum atomic E-state index is 6.18. The highest BCUT2D eigenvalue weighted by atomic mass is 35.5. The zero-order chi connectivity index (χ0) is 14.8.